The Labute approximate surface area is 365 Å². The SMILES string of the molecule is CCC1CC2CCCC(C2)C12c1ccccc1-c1cccc(N(c3ccc(-c4cccc5c4oc4ccccc45)cc3)c3ccc4c(c3)-c3ccccc3C43CC4CCC3C4)c12. The molecule has 304 valence electrons. The van der Waals surface area contributed by atoms with Gasteiger partial charge >= 0.3 is 0 Å². The Morgan fingerprint density at radius 2 is 1.26 bits per heavy atom. The molecule has 2 nitrogen and oxygen atoms in total. The van der Waals surface area contributed by atoms with Gasteiger partial charge in [0.15, 0.2) is 0 Å². The molecule has 7 atom stereocenters. The molecular formula is C60H53NO. The molecule has 7 aromatic carbocycles. The van der Waals surface area contributed by atoms with Crippen molar-refractivity contribution in [3.63, 3.8) is 0 Å². The van der Waals surface area contributed by atoms with Crippen LogP contribution in [-0.4, -0.2) is 0 Å². The number of hydrogen-bond donors (Lipinski definition) is 0. The maximum absolute atomic E-state index is 6.57. The Morgan fingerprint density at radius 1 is 0.548 bits per heavy atom. The van der Waals surface area contributed by atoms with Crippen molar-refractivity contribution in [3.8, 4) is 33.4 Å². The van der Waals surface area contributed by atoms with Crippen LogP contribution >= 0.6 is 0 Å². The van der Waals surface area contributed by atoms with Gasteiger partial charge in [0, 0.05) is 38.5 Å². The summed E-state index contributed by atoms with van der Waals surface area (Å²) in [5.41, 5.74) is 20.3. The molecule has 0 aliphatic heterocycles. The van der Waals surface area contributed by atoms with Gasteiger partial charge in [0.2, 0.25) is 0 Å². The van der Waals surface area contributed by atoms with Crippen LogP contribution in [0.3, 0.4) is 0 Å². The third-order valence-electron chi connectivity index (χ3n) is 17.7. The molecule has 6 aliphatic rings. The molecule has 8 aromatic rings. The number of fused-ring (bicyclic) bond motifs is 19. The van der Waals surface area contributed by atoms with Crippen LogP contribution in [0, 0.1) is 29.6 Å². The molecule has 4 bridgehead atoms. The lowest BCUT2D eigenvalue weighted by Crippen LogP contribution is -2.49. The van der Waals surface area contributed by atoms with Crippen LogP contribution < -0.4 is 4.90 Å². The highest BCUT2D eigenvalue weighted by atomic mass is 16.3. The van der Waals surface area contributed by atoms with E-state index in [-0.39, 0.29) is 10.8 Å². The van der Waals surface area contributed by atoms with Crippen LogP contribution in [0.15, 0.2) is 156 Å². The quantitative estimate of drug-likeness (QED) is 0.172. The minimum absolute atomic E-state index is 0.0141. The predicted molar refractivity (Wildman–Crippen MR) is 256 cm³/mol. The van der Waals surface area contributed by atoms with Crippen molar-refractivity contribution >= 4 is 39.0 Å². The Kier molecular flexibility index (Phi) is 7.54. The first-order chi connectivity index (χ1) is 30.6. The van der Waals surface area contributed by atoms with Gasteiger partial charge in [-0.25, -0.2) is 0 Å². The van der Waals surface area contributed by atoms with E-state index in [1.54, 1.807) is 22.3 Å². The van der Waals surface area contributed by atoms with E-state index in [4.69, 9.17) is 4.42 Å². The lowest BCUT2D eigenvalue weighted by Gasteiger charge is -2.54. The molecule has 0 saturated heterocycles. The van der Waals surface area contributed by atoms with Crippen LogP contribution in [0.5, 0.6) is 0 Å². The minimum atomic E-state index is -0.0141. The molecule has 7 unspecified atom stereocenters. The maximum atomic E-state index is 6.57. The second-order valence-corrected chi connectivity index (χ2v) is 20.2. The van der Waals surface area contributed by atoms with Crippen LogP contribution in [-0.2, 0) is 10.8 Å². The van der Waals surface area contributed by atoms with Gasteiger partial charge in [0.25, 0.3) is 0 Å². The van der Waals surface area contributed by atoms with Crippen LogP contribution in [0.4, 0.5) is 17.1 Å². The molecule has 2 heteroatoms. The van der Waals surface area contributed by atoms with Crippen molar-refractivity contribution in [1.82, 2.24) is 0 Å². The molecule has 4 saturated carbocycles. The van der Waals surface area contributed by atoms with Crippen molar-refractivity contribution < 1.29 is 4.42 Å². The van der Waals surface area contributed by atoms with E-state index < -0.39 is 0 Å². The van der Waals surface area contributed by atoms with E-state index in [1.807, 2.05) is 0 Å². The third-order valence-corrected chi connectivity index (χ3v) is 17.7. The molecule has 0 amide bonds. The summed E-state index contributed by atoms with van der Waals surface area (Å²) in [7, 11) is 0. The summed E-state index contributed by atoms with van der Waals surface area (Å²) in [5, 5.41) is 2.34. The van der Waals surface area contributed by atoms with Crippen molar-refractivity contribution in [3.05, 3.63) is 174 Å². The highest BCUT2D eigenvalue weighted by Crippen LogP contribution is 2.68. The molecule has 62 heavy (non-hydrogen) atoms. The zero-order valence-electron chi connectivity index (χ0n) is 35.7. The standard InChI is InChI=1S/C60H53NO/c1-2-40-32-37-12-9-13-42(33-37)60(40)54-21-7-4-14-46(54)49-18-11-22-55(57(49)60)61(43-28-25-39(26-29-43)45-17-10-19-50-48-16-5-8-23-56(48)62-58(45)50)44-30-31-53-51(35-44)47-15-3-6-20-52(47)59(53)36-38-24-27-41(59)34-38/h3-8,10-11,14-23,25-26,28-31,35,37-38,40-42H,2,9,12-13,24,27,32-34,36H2,1H3. The molecule has 0 N–H and O–H groups in total. The highest BCUT2D eigenvalue weighted by molar-refractivity contribution is 6.09. The smallest absolute Gasteiger partial charge is 0.143 e. The zero-order chi connectivity index (χ0) is 40.7. The lowest BCUT2D eigenvalue weighted by atomic mass is 9.49. The van der Waals surface area contributed by atoms with Gasteiger partial charge in [-0.3, -0.25) is 0 Å². The fourth-order valence-electron chi connectivity index (χ4n) is 15.5. The monoisotopic (exact) mass is 803 g/mol. The summed E-state index contributed by atoms with van der Waals surface area (Å²) in [6.07, 6.45) is 13.4. The fourth-order valence-corrected chi connectivity index (χ4v) is 15.5. The number of nitrogens with zero attached hydrogens (tertiary/aromatic N) is 1. The Morgan fingerprint density at radius 3 is 2.10 bits per heavy atom. The largest absolute Gasteiger partial charge is 0.455 e. The van der Waals surface area contributed by atoms with Crippen molar-refractivity contribution in [2.24, 2.45) is 29.6 Å². The number of rotatable bonds is 5. The molecule has 2 spiro atoms. The number of furan rings is 1. The first kappa shape index (κ1) is 35.7. The van der Waals surface area contributed by atoms with Crippen LogP contribution in [0.25, 0.3) is 55.3 Å². The Balaban J connectivity index is 0.997. The van der Waals surface area contributed by atoms with E-state index in [2.05, 4.69) is 163 Å². The summed E-state index contributed by atoms with van der Waals surface area (Å²) < 4.78 is 6.57. The summed E-state index contributed by atoms with van der Waals surface area (Å²) >= 11 is 0. The second-order valence-electron chi connectivity index (χ2n) is 20.2. The van der Waals surface area contributed by atoms with Gasteiger partial charge < -0.3 is 9.32 Å². The van der Waals surface area contributed by atoms with Gasteiger partial charge in [0.05, 0.1) is 5.69 Å². The van der Waals surface area contributed by atoms with E-state index >= 15 is 0 Å². The van der Waals surface area contributed by atoms with Crippen LogP contribution in [0.2, 0.25) is 0 Å². The molecule has 0 radical (unpaired) electrons. The van der Waals surface area contributed by atoms with Gasteiger partial charge in [-0.2, -0.15) is 0 Å². The van der Waals surface area contributed by atoms with E-state index in [9.17, 15) is 0 Å². The number of benzene rings is 7. The molecule has 6 aliphatic carbocycles. The number of hydrogen-bond acceptors (Lipinski definition) is 2. The number of para-hydroxylation sites is 2. The van der Waals surface area contributed by atoms with Crippen molar-refractivity contribution in [2.45, 2.75) is 82.0 Å². The summed E-state index contributed by atoms with van der Waals surface area (Å²) in [6.45, 7) is 2.49. The summed E-state index contributed by atoms with van der Waals surface area (Å²) in [5.74, 6) is 3.69. The average Bonchev–Trinajstić information content (AvgIpc) is 4.15. The second kappa shape index (κ2) is 13.1. The maximum Gasteiger partial charge on any atom is 0.143 e. The van der Waals surface area contributed by atoms with Crippen molar-refractivity contribution in [1.29, 1.82) is 0 Å². The number of anilines is 3. The topological polar surface area (TPSA) is 16.4 Å². The molecule has 14 rings (SSSR count). The molecule has 1 aromatic heterocycles. The first-order valence-electron chi connectivity index (χ1n) is 23.9. The average molecular weight is 804 g/mol. The van der Waals surface area contributed by atoms with E-state index in [0.29, 0.717) is 11.8 Å². The minimum Gasteiger partial charge on any atom is -0.455 e. The normalized spacial score (nSPS) is 27.2. The van der Waals surface area contributed by atoms with Crippen LogP contribution in [0.1, 0.15) is 93.4 Å². The summed E-state index contributed by atoms with van der Waals surface area (Å²) in [6, 6.07) is 58.5. The Bertz CT molecular complexity index is 3110. The highest BCUT2D eigenvalue weighted by Gasteiger charge is 2.59. The lowest BCUT2D eigenvalue weighted by molar-refractivity contribution is 0.0560. The third kappa shape index (κ3) is 4.61. The van der Waals surface area contributed by atoms with Gasteiger partial charge in [-0.15, -0.1) is 0 Å². The molecule has 1 heterocycles. The Hall–Kier alpha value is -5.86. The van der Waals surface area contributed by atoms with Crippen molar-refractivity contribution in [2.75, 3.05) is 4.90 Å². The van der Waals surface area contributed by atoms with Gasteiger partial charge in [0.1, 0.15) is 11.2 Å². The van der Waals surface area contributed by atoms with E-state index in [0.717, 1.165) is 34.5 Å². The van der Waals surface area contributed by atoms with Gasteiger partial charge in [-0.05, 0) is 155 Å². The van der Waals surface area contributed by atoms with Gasteiger partial charge in [-0.1, -0.05) is 148 Å². The zero-order valence-corrected chi connectivity index (χ0v) is 35.7. The first-order valence-corrected chi connectivity index (χ1v) is 23.9. The summed E-state index contributed by atoms with van der Waals surface area (Å²) in [4.78, 5) is 2.67. The predicted octanol–water partition coefficient (Wildman–Crippen LogP) is 16.3. The van der Waals surface area contributed by atoms with E-state index in [1.165, 1.54) is 120 Å². The molecular weight excluding hydrogens is 751 g/mol. The fraction of sp³-hybridized carbons (Fsp3) is 0.300. The molecule has 4 fully saturated rings.